The van der Waals surface area contributed by atoms with Crippen LogP contribution in [0.15, 0.2) is 54.6 Å². The number of aliphatic hydroxyl groups is 2. The Balaban J connectivity index is 1.52. The maximum Gasteiger partial charge on any atom is 0.313 e. The van der Waals surface area contributed by atoms with Crippen molar-refractivity contribution in [3.8, 4) is 0 Å². The first-order valence-electron chi connectivity index (χ1n) is 10.4. The lowest BCUT2D eigenvalue weighted by Gasteiger charge is -2.17. The second-order valence-corrected chi connectivity index (χ2v) is 10.1. The van der Waals surface area contributed by atoms with Gasteiger partial charge >= 0.3 is 5.97 Å². The molecule has 3 N–H and O–H groups in total. The van der Waals surface area contributed by atoms with Crippen LogP contribution in [0.25, 0.3) is 10.8 Å². The van der Waals surface area contributed by atoms with E-state index in [1.807, 2.05) is 30.3 Å². The van der Waals surface area contributed by atoms with E-state index in [1.54, 1.807) is 12.2 Å². The number of hydrogen-bond donors (Lipinski definition) is 3. The molecule has 7 heteroatoms. The van der Waals surface area contributed by atoms with Gasteiger partial charge in [0.15, 0.2) is 0 Å². The molecule has 0 spiro atoms. The quantitative estimate of drug-likeness (QED) is 0.349. The first-order chi connectivity index (χ1) is 14.9. The molecular formula is C24H28O5S2. The number of fused-ring (bicyclic) bond motifs is 1. The number of carbonyl (C=O) groups excluding carboxylic acids is 1. The van der Waals surface area contributed by atoms with Crippen molar-refractivity contribution in [3.63, 3.8) is 0 Å². The van der Waals surface area contributed by atoms with Gasteiger partial charge in [-0.2, -0.15) is 11.8 Å². The third-order valence-corrected chi connectivity index (χ3v) is 7.78. The van der Waals surface area contributed by atoms with Crippen LogP contribution >= 0.6 is 23.5 Å². The van der Waals surface area contributed by atoms with Crippen molar-refractivity contribution in [1.82, 2.24) is 0 Å². The van der Waals surface area contributed by atoms with Gasteiger partial charge in [0.05, 0.1) is 23.2 Å². The highest BCUT2D eigenvalue weighted by molar-refractivity contribution is 8.01. The van der Waals surface area contributed by atoms with E-state index in [0.29, 0.717) is 6.42 Å². The monoisotopic (exact) mass is 460 g/mol. The minimum atomic E-state index is -0.820. The molecule has 31 heavy (non-hydrogen) atoms. The molecule has 4 atom stereocenters. The van der Waals surface area contributed by atoms with Crippen molar-refractivity contribution in [3.05, 3.63) is 60.2 Å². The highest BCUT2D eigenvalue weighted by Crippen LogP contribution is 2.34. The minimum absolute atomic E-state index is 0.0364. The van der Waals surface area contributed by atoms with Gasteiger partial charge in [-0.1, -0.05) is 54.6 Å². The molecule has 3 unspecified atom stereocenters. The first-order valence-corrected chi connectivity index (χ1v) is 12.6. The minimum Gasteiger partial charge on any atom is -0.481 e. The molecule has 1 aliphatic carbocycles. The van der Waals surface area contributed by atoms with Crippen molar-refractivity contribution < 1.29 is 24.9 Å². The molecule has 5 nitrogen and oxygen atoms in total. The highest BCUT2D eigenvalue weighted by atomic mass is 32.2. The fraction of sp³-hybridized carbons (Fsp3) is 0.417. The Morgan fingerprint density at radius 1 is 1.16 bits per heavy atom. The number of aliphatic carboxylic acids is 1. The second-order valence-electron chi connectivity index (χ2n) is 7.74. The van der Waals surface area contributed by atoms with Gasteiger partial charge in [0.2, 0.25) is 0 Å². The van der Waals surface area contributed by atoms with Crippen LogP contribution in [0.1, 0.15) is 18.4 Å². The number of ketones is 1. The highest BCUT2D eigenvalue weighted by Gasteiger charge is 2.40. The number of rotatable bonds is 11. The fourth-order valence-electron chi connectivity index (χ4n) is 3.77. The Labute approximate surface area is 190 Å². The average molecular weight is 461 g/mol. The maximum absolute atomic E-state index is 12.3. The number of benzene rings is 2. The van der Waals surface area contributed by atoms with Crippen LogP contribution < -0.4 is 0 Å². The third-order valence-electron chi connectivity index (χ3n) is 5.29. The predicted octanol–water partition coefficient (Wildman–Crippen LogP) is 3.56. The molecule has 3 rings (SSSR count). The fourth-order valence-corrected chi connectivity index (χ4v) is 5.96. The molecule has 166 valence electrons. The van der Waals surface area contributed by atoms with Gasteiger partial charge in [-0.3, -0.25) is 9.59 Å². The van der Waals surface area contributed by atoms with Crippen molar-refractivity contribution in [2.75, 3.05) is 17.3 Å². The average Bonchev–Trinajstić information content (AvgIpc) is 3.01. The molecule has 0 bridgehead atoms. The third kappa shape index (κ3) is 7.10. The molecule has 0 aromatic heterocycles. The maximum atomic E-state index is 12.3. The number of hydrogen-bond acceptors (Lipinski definition) is 6. The van der Waals surface area contributed by atoms with Crippen molar-refractivity contribution in [2.45, 2.75) is 36.7 Å². The van der Waals surface area contributed by atoms with Gasteiger partial charge in [0, 0.05) is 18.8 Å². The van der Waals surface area contributed by atoms with Crippen molar-refractivity contribution >= 4 is 46.0 Å². The summed E-state index contributed by atoms with van der Waals surface area (Å²) in [5.41, 5.74) is 1.03. The van der Waals surface area contributed by atoms with Gasteiger partial charge in [-0.15, -0.1) is 11.8 Å². The van der Waals surface area contributed by atoms with E-state index in [-0.39, 0.29) is 29.1 Å². The van der Waals surface area contributed by atoms with E-state index in [2.05, 4.69) is 12.1 Å². The number of Topliss-reactive ketones (excluding diaryl/α,β-unsaturated/α-hetero) is 1. The van der Waals surface area contributed by atoms with Crippen LogP contribution in [-0.4, -0.2) is 61.8 Å². The zero-order valence-electron chi connectivity index (χ0n) is 17.2. The van der Waals surface area contributed by atoms with Crippen molar-refractivity contribution in [2.24, 2.45) is 5.92 Å². The zero-order chi connectivity index (χ0) is 22.2. The van der Waals surface area contributed by atoms with Crippen LogP contribution in [0.4, 0.5) is 0 Å². The summed E-state index contributed by atoms with van der Waals surface area (Å²) in [5, 5.41) is 31.4. The lowest BCUT2D eigenvalue weighted by Crippen LogP contribution is -2.22. The summed E-state index contributed by atoms with van der Waals surface area (Å²) in [5.74, 6) is 0.462. The molecule has 0 saturated heterocycles. The summed E-state index contributed by atoms with van der Waals surface area (Å²) < 4.78 is 0. The Morgan fingerprint density at radius 3 is 2.71 bits per heavy atom. The molecular weight excluding hydrogens is 432 g/mol. The summed E-state index contributed by atoms with van der Waals surface area (Å²) >= 11 is 2.88. The van der Waals surface area contributed by atoms with Crippen LogP contribution in [-0.2, 0) is 16.0 Å². The van der Waals surface area contributed by atoms with Crippen LogP contribution in [0.2, 0.25) is 0 Å². The van der Waals surface area contributed by atoms with E-state index in [1.165, 1.54) is 23.5 Å². The summed E-state index contributed by atoms with van der Waals surface area (Å²) in [6.45, 7) is 0. The number of carboxylic acid groups (broad SMARTS) is 1. The molecule has 2 aromatic rings. The number of carboxylic acids is 1. The Kier molecular flexibility index (Phi) is 9.02. The van der Waals surface area contributed by atoms with Gasteiger partial charge < -0.3 is 15.3 Å². The van der Waals surface area contributed by atoms with Gasteiger partial charge in [0.25, 0.3) is 0 Å². The van der Waals surface area contributed by atoms with Gasteiger partial charge in [0.1, 0.15) is 5.78 Å². The summed E-state index contributed by atoms with van der Waals surface area (Å²) in [6, 6.07) is 14.2. The van der Waals surface area contributed by atoms with Crippen LogP contribution in [0.3, 0.4) is 0 Å². The first kappa shape index (κ1) is 23.9. The van der Waals surface area contributed by atoms with Gasteiger partial charge in [-0.25, -0.2) is 0 Å². The van der Waals surface area contributed by atoms with E-state index < -0.39 is 18.2 Å². The molecule has 1 saturated carbocycles. The van der Waals surface area contributed by atoms with E-state index in [4.69, 9.17) is 5.11 Å². The molecule has 2 aromatic carbocycles. The van der Waals surface area contributed by atoms with E-state index in [0.717, 1.165) is 34.3 Å². The van der Waals surface area contributed by atoms with E-state index >= 15 is 0 Å². The van der Waals surface area contributed by atoms with Gasteiger partial charge in [-0.05, 0) is 34.3 Å². The standard InChI is InChI=1S/C24H28O5S2/c25-19(13-16-6-7-17-4-1-2-5-18(17)12-16)8-9-20-21(26)14-22(27)24(20)31-11-3-10-30-15-23(28)29/h1-2,4-9,12,19-21,24-26H,3,10-11,13-15H2,(H,28,29)/t19?,20-,21?,24?/m0/s1. The molecule has 0 heterocycles. The summed E-state index contributed by atoms with van der Waals surface area (Å²) in [4.78, 5) is 22.8. The SMILES string of the molecule is O=C(O)CSCCCSC1C(=O)CC(O)[C@@H]1C=CC(O)Cc1ccc2ccccc2c1. The lowest BCUT2D eigenvalue weighted by atomic mass is 10.0. The largest absolute Gasteiger partial charge is 0.481 e. The molecule has 1 fully saturated rings. The van der Waals surface area contributed by atoms with Crippen LogP contribution in [0.5, 0.6) is 0 Å². The Morgan fingerprint density at radius 2 is 1.94 bits per heavy atom. The van der Waals surface area contributed by atoms with Crippen molar-refractivity contribution in [1.29, 1.82) is 0 Å². The molecule has 0 aliphatic heterocycles. The molecule has 1 aliphatic rings. The summed E-state index contributed by atoms with van der Waals surface area (Å²) in [6.07, 6.45) is 3.48. The zero-order valence-corrected chi connectivity index (χ0v) is 18.9. The smallest absolute Gasteiger partial charge is 0.313 e. The Bertz CT molecular complexity index is 929. The van der Waals surface area contributed by atoms with Crippen LogP contribution in [0, 0.1) is 5.92 Å². The molecule has 0 amide bonds. The predicted molar refractivity (Wildman–Crippen MR) is 128 cm³/mol. The topological polar surface area (TPSA) is 94.8 Å². The number of carbonyl (C=O) groups is 2. The van der Waals surface area contributed by atoms with E-state index in [9.17, 15) is 19.8 Å². The number of thioether (sulfide) groups is 2. The Hall–Kier alpha value is -1.80. The normalized spacial score (nSPS) is 22.4. The molecule has 0 radical (unpaired) electrons. The number of aliphatic hydroxyl groups excluding tert-OH is 2. The second kappa shape index (κ2) is 11.7. The lowest BCUT2D eigenvalue weighted by molar-refractivity contribution is -0.133. The summed E-state index contributed by atoms with van der Waals surface area (Å²) in [7, 11) is 0.